The third kappa shape index (κ3) is 5.44. The van der Waals surface area contributed by atoms with Crippen molar-refractivity contribution in [1.82, 2.24) is 10.2 Å². The molecule has 0 saturated carbocycles. The highest BCUT2D eigenvalue weighted by atomic mass is 16.5. The first-order valence-electron chi connectivity index (χ1n) is 6.34. The summed E-state index contributed by atoms with van der Waals surface area (Å²) in [4.78, 5) is 14.0. The molecule has 0 bridgehead atoms. The van der Waals surface area contributed by atoms with Gasteiger partial charge in [-0.15, -0.1) is 0 Å². The number of carbonyl (C=O) groups excluding carboxylic acids is 1. The molecule has 1 rings (SSSR count). The molecule has 0 fully saturated rings. The van der Waals surface area contributed by atoms with Gasteiger partial charge in [0.15, 0.2) is 5.76 Å². The quantitative estimate of drug-likeness (QED) is 0.818. The Hall–Kier alpha value is -1.33. The van der Waals surface area contributed by atoms with Crippen LogP contribution < -0.4 is 5.32 Å². The van der Waals surface area contributed by atoms with E-state index in [9.17, 15) is 4.79 Å². The second-order valence-electron chi connectivity index (χ2n) is 5.78. The minimum Gasteiger partial charge on any atom is -0.453 e. The molecule has 0 aliphatic heterocycles. The summed E-state index contributed by atoms with van der Waals surface area (Å²) >= 11 is 0. The Balaban J connectivity index is 2.50. The number of ether oxygens (including phenoxy) is 1. The van der Waals surface area contributed by atoms with E-state index < -0.39 is 0 Å². The van der Waals surface area contributed by atoms with Crippen molar-refractivity contribution in [1.29, 1.82) is 0 Å². The zero-order valence-electron chi connectivity index (χ0n) is 12.4. The molecular formula is C14H24N2O3. The lowest BCUT2D eigenvalue weighted by molar-refractivity contribution is 0.0893. The van der Waals surface area contributed by atoms with Crippen LogP contribution in [0.4, 0.5) is 0 Å². The number of furan rings is 1. The van der Waals surface area contributed by atoms with E-state index in [0.717, 1.165) is 6.54 Å². The van der Waals surface area contributed by atoms with Gasteiger partial charge >= 0.3 is 0 Å². The van der Waals surface area contributed by atoms with E-state index in [-0.39, 0.29) is 11.3 Å². The lowest BCUT2D eigenvalue weighted by atomic mass is 9.93. The number of methoxy groups -OCH3 is 1. The molecule has 0 unspecified atom stereocenters. The van der Waals surface area contributed by atoms with Crippen LogP contribution in [0, 0.1) is 5.41 Å². The molecule has 0 aliphatic rings. The second-order valence-corrected chi connectivity index (χ2v) is 5.78. The van der Waals surface area contributed by atoms with Gasteiger partial charge in [-0.2, -0.15) is 0 Å². The Morgan fingerprint density at radius 3 is 2.68 bits per heavy atom. The van der Waals surface area contributed by atoms with E-state index in [1.54, 1.807) is 19.2 Å². The number of nitrogens with one attached hydrogen (secondary N) is 1. The Kier molecular flexibility index (Phi) is 5.57. The molecular weight excluding hydrogens is 244 g/mol. The zero-order chi connectivity index (χ0) is 14.5. The van der Waals surface area contributed by atoms with Crippen LogP contribution in [-0.4, -0.2) is 45.1 Å². The Morgan fingerprint density at radius 1 is 1.42 bits per heavy atom. The van der Waals surface area contributed by atoms with Crippen LogP contribution in [0.15, 0.2) is 16.5 Å². The fourth-order valence-corrected chi connectivity index (χ4v) is 2.04. The van der Waals surface area contributed by atoms with Crippen molar-refractivity contribution in [2.24, 2.45) is 5.41 Å². The standard InChI is InChI=1S/C14H24N2O3/c1-14(2,10-16(3)4)9-15-13(17)12-7-6-11(19-12)8-18-5/h6-7H,8-10H2,1-5H3,(H,15,17). The molecule has 0 spiro atoms. The SMILES string of the molecule is COCc1ccc(C(=O)NCC(C)(C)CN(C)C)o1. The highest BCUT2D eigenvalue weighted by Gasteiger charge is 2.21. The van der Waals surface area contributed by atoms with Crippen LogP contribution >= 0.6 is 0 Å². The molecule has 0 saturated heterocycles. The smallest absolute Gasteiger partial charge is 0.287 e. The van der Waals surface area contributed by atoms with Crippen molar-refractivity contribution in [2.75, 3.05) is 34.3 Å². The second kappa shape index (κ2) is 6.73. The van der Waals surface area contributed by atoms with Gasteiger partial charge < -0.3 is 19.4 Å². The van der Waals surface area contributed by atoms with E-state index in [2.05, 4.69) is 24.1 Å². The lowest BCUT2D eigenvalue weighted by Crippen LogP contribution is -2.39. The first kappa shape index (κ1) is 15.7. The maximum atomic E-state index is 11.9. The summed E-state index contributed by atoms with van der Waals surface area (Å²) in [6.07, 6.45) is 0. The molecule has 19 heavy (non-hydrogen) atoms. The van der Waals surface area contributed by atoms with Crippen molar-refractivity contribution in [3.05, 3.63) is 23.7 Å². The van der Waals surface area contributed by atoms with Crippen LogP contribution in [-0.2, 0) is 11.3 Å². The van der Waals surface area contributed by atoms with E-state index in [1.807, 2.05) is 14.1 Å². The summed E-state index contributed by atoms with van der Waals surface area (Å²) < 4.78 is 10.3. The van der Waals surface area contributed by atoms with Crippen molar-refractivity contribution in [3.8, 4) is 0 Å². The molecule has 1 aromatic heterocycles. The van der Waals surface area contributed by atoms with Crippen molar-refractivity contribution >= 4 is 5.91 Å². The van der Waals surface area contributed by atoms with Crippen molar-refractivity contribution < 1.29 is 13.9 Å². The molecule has 0 radical (unpaired) electrons. The van der Waals surface area contributed by atoms with Crippen LogP contribution in [0.25, 0.3) is 0 Å². The first-order chi connectivity index (χ1) is 8.84. The topological polar surface area (TPSA) is 54.7 Å². The predicted octanol–water partition coefficient (Wildman–Crippen LogP) is 1.74. The molecule has 1 N–H and O–H groups in total. The fraction of sp³-hybridized carbons (Fsp3) is 0.643. The normalized spacial score (nSPS) is 11.9. The Labute approximate surface area is 114 Å². The molecule has 1 amide bonds. The average molecular weight is 268 g/mol. The molecule has 0 aliphatic carbocycles. The van der Waals surface area contributed by atoms with Gasteiger partial charge in [-0.1, -0.05) is 13.8 Å². The third-order valence-electron chi connectivity index (χ3n) is 2.64. The van der Waals surface area contributed by atoms with Gasteiger partial charge in [-0.05, 0) is 31.6 Å². The van der Waals surface area contributed by atoms with Crippen LogP contribution in [0.1, 0.15) is 30.2 Å². The predicted molar refractivity (Wildman–Crippen MR) is 74.1 cm³/mol. The number of hydrogen-bond donors (Lipinski definition) is 1. The van der Waals surface area contributed by atoms with Gasteiger partial charge in [0, 0.05) is 20.2 Å². The zero-order valence-corrected chi connectivity index (χ0v) is 12.4. The molecule has 1 heterocycles. The summed E-state index contributed by atoms with van der Waals surface area (Å²) in [5.41, 5.74) is 0.0150. The first-order valence-corrected chi connectivity index (χ1v) is 6.34. The largest absolute Gasteiger partial charge is 0.453 e. The Bertz CT molecular complexity index is 411. The maximum Gasteiger partial charge on any atom is 0.287 e. The Morgan fingerprint density at radius 2 is 2.11 bits per heavy atom. The van der Waals surface area contributed by atoms with Gasteiger partial charge in [-0.25, -0.2) is 0 Å². The minimum absolute atomic E-state index is 0.0150. The molecule has 1 aromatic rings. The van der Waals surface area contributed by atoms with Crippen molar-refractivity contribution in [3.63, 3.8) is 0 Å². The minimum atomic E-state index is -0.186. The van der Waals surface area contributed by atoms with E-state index >= 15 is 0 Å². The van der Waals surface area contributed by atoms with Gasteiger partial charge in [0.1, 0.15) is 12.4 Å². The molecule has 108 valence electrons. The van der Waals surface area contributed by atoms with Gasteiger partial charge in [0.25, 0.3) is 5.91 Å². The summed E-state index contributed by atoms with van der Waals surface area (Å²) in [7, 11) is 5.63. The number of hydrogen-bond acceptors (Lipinski definition) is 4. The fourth-order valence-electron chi connectivity index (χ4n) is 2.04. The van der Waals surface area contributed by atoms with E-state index in [1.165, 1.54) is 0 Å². The van der Waals surface area contributed by atoms with E-state index in [0.29, 0.717) is 24.7 Å². The van der Waals surface area contributed by atoms with Gasteiger partial charge in [0.05, 0.1) is 0 Å². The maximum absolute atomic E-state index is 11.9. The number of amides is 1. The highest BCUT2D eigenvalue weighted by Crippen LogP contribution is 2.15. The summed E-state index contributed by atoms with van der Waals surface area (Å²) in [6, 6.07) is 3.42. The van der Waals surface area contributed by atoms with Crippen molar-refractivity contribution in [2.45, 2.75) is 20.5 Å². The number of nitrogens with zero attached hydrogens (tertiary/aromatic N) is 1. The number of carbonyl (C=O) groups is 1. The van der Waals surface area contributed by atoms with Crippen LogP contribution in [0.5, 0.6) is 0 Å². The van der Waals surface area contributed by atoms with Gasteiger partial charge in [-0.3, -0.25) is 4.79 Å². The summed E-state index contributed by atoms with van der Waals surface area (Å²) in [5, 5.41) is 2.90. The molecule has 5 nitrogen and oxygen atoms in total. The summed E-state index contributed by atoms with van der Waals surface area (Å²) in [5.74, 6) is 0.794. The monoisotopic (exact) mass is 268 g/mol. The van der Waals surface area contributed by atoms with Crippen LogP contribution in [0.3, 0.4) is 0 Å². The third-order valence-corrected chi connectivity index (χ3v) is 2.64. The van der Waals surface area contributed by atoms with E-state index in [4.69, 9.17) is 9.15 Å². The van der Waals surface area contributed by atoms with Crippen LogP contribution in [0.2, 0.25) is 0 Å². The molecule has 0 atom stereocenters. The van der Waals surface area contributed by atoms with Gasteiger partial charge in [0.2, 0.25) is 0 Å². The molecule has 5 heteroatoms. The lowest BCUT2D eigenvalue weighted by Gasteiger charge is -2.28. The molecule has 0 aromatic carbocycles. The average Bonchev–Trinajstić information content (AvgIpc) is 2.73. The number of rotatable bonds is 7. The summed E-state index contributed by atoms with van der Waals surface area (Å²) in [6.45, 7) is 6.11. The highest BCUT2D eigenvalue weighted by molar-refractivity contribution is 5.91.